The van der Waals surface area contributed by atoms with Crippen molar-refractivity contribution in [2.45, 2.75) is 12.8 Å². The van der Waals surface area contributed by atoms with Gasteiger partial charge in [-0.1, -0.05) is 18.2 Å². The standard InChI is InChI=1S/C12H13N2O4/c1-18-12(17)8-7-11(16)13-14(9-15)10-5-3-2-4-6-10/h2-6H,7-8H2,1H3,(H,13,16). The van der Waals surface area contributed by atoms with Gasteiger partial charge in [0.15, 0.2) is 0 Å². The molecule has 0 aromatic heterocycles. The molecule has 0 atom stereocenters. The fourth-order valence-electron chi connectivity index (χ4n) is 1.22. The molecule has 6 nitrogen and oxygen atoms in total. The van der Waals surface area contributed by atoms with E-state index in [1.807, 2.05) is 0 Å². The number of carbonyl (C=O) groups is 2. The minimum absolute atomic E-state index is 0.0379. The van der Waals surface area contributed by atoms with Crippen LogP contribution in [0.5, 0.6) is 0 Å². The minimum atomic E-state index is -0.480. The molecule has 1 N–H and O–H groups in total. The molecule has 2 amide bonds. The first-order valence-corrected chi connectivity index (χ1v) is 5.26. The van der Waals surface area contributed by atoms with Crippen molar-refractivity contribution >= 4 is 24.0 Å². The van der Waals surface area contributed by atoms with Gasteiger partial charge in [-0.25, -0.2) is 5.01 Å². The van der Waals surface area contributed by atoms with E-state index in [9.17, 15) is 14.4 Å². The Morgan fingerprint density at radius 2 is 1.94 bits per heavy atom. The molecule has 0 aliphatic heterocycles. The van der Waals surface area contributed by atoms with Crippen molar-refractivity contribution in [2.24, 2.45) is 0 Å². The number of carbonyl (C=O) groups excluding carboxylic acids is 3. The monoisotopic (exact) mass is 249 g/mol. The Kier molecular flexibility index (Phi) is 5.37. The average molecular weight is 249 g/mol. The number of amides is 2. The van der Waals surface area contributed by atoms with E-state index in [0.717, 1.165) is 5.01 Å². The van der Waals surface area contributed by atoms with Gasteiger partial charge in [-0.2, -0.15) is 0 Å². The summed E-state index contributed by atoms with van der Waals surface area (Å²) in [5.74, 6) is -0.945. The second-order valence-electron chi connectivity index (χ2n) is 3.37. The lowest BCUT2D eigenvalue weighted by atomic mass is 10.3. The second kappa shape index (κ2) is 7.05. The van der Waals surface area contributed by atoms with Crippen LogP contribution in [0.25, 0.3) is 0 Å². The third kappa shape index (κ3) is 4.25. The van der Waals surface area contributed by atoms with Gasteiger partial charge < -0.3 is 4.74 Å². The minimum Gasteiger partial charge on any atom is -0.469 e. The number of esters is 1. The molecule has 95 valence electrons. The zero-order valence-electron chi connectivity index (χ0n) is 9.88. The van der Waals surface area contributed by atoms with Crippen LogP contribution in [0, 0.1) is 0 Å². The molecule has 0 bridgehead atoms. The predicted octanol–water partition coefficient (Wildman–Crippen LogP) is 0.545. The molecule has 1 aromatic rings. The molecule has 0 aliphatic carbocycles. The quantitative estimate of drug-likeness (QED) is 0.453. The Balaban J connectivity index is 2.51. The van der Waals surface area contributed by atoms with Gasteiger partial charge in [-0.05, 0) is 12.1 Å². The third-order valence-electron chi connectivity index (χ3n) is 2.13. The van der Waals surface area contributed by atoms with Gasteiger partial charge >= 0.3 is 12.4 Å². The van der Waals surface area contributed by atoms with E-state index in [0.29, 0.717) is 5.69 Å². The summed E-state index contributed by atoms with van der Waals surface area (Å²) < 4.78 is 4.41. The molecule has 0 spiro atoms. The lowest BCUT2D eigenvalue weighted by Crippen LogP contribution is -2.41. The fraction of sp³-hybridized carbons (Fsp3) is 0.250. The Morgan fingerprint density at radius 1 is 1.28 bits per heavy atom. The van der Waals surface area contributed by atoms with Crippen molar-refractivity contribution < 1.29 is 19.1 Å². The van der Waals surface area contributed by atoms with Crippen molar-refractivity contribution in [3.05, 3.63) is 30.3 Å². The number of hydrazine groups is 1. The first-order chi connectivity index (χ1) is 8.67. The van der Waals surface area contributed by atoms with Crippen molar-refractivity contribution in [1.82, 2.24) is 5.43 Å². The number of hydrogen-bond acceptors (Lipinski definition) is 4. The SMILES string of the molecule is COC(=O)CCC(=O)NN([C]=O)c1ccccc1. The molecule has 1 aromatic carbocycles. The average Bonchev–Trinajstić information content (AvgIpc) is 2.43. The number of benzene rings is 1. The third-order valence-corrected chi connectivity index (χ3v) is 2.13. The topological polar surface area (TPSA) is 75.7 Å². The molecule has 1 rings (SSSR count). The van der Waals surface area contributed by atoms with E-state index in [4.69, 9.17) is 0 Å². The van der Waals surface area contributed by atoms with Crippen molar-refractivity contribution in [1.29, 1.82) is 0 Å². The molecule has 0 fully saturated rings. The molecular formula is C12H13N2O4. The van der Waals surface area contributed by atoms with Gasteiger partial charge in [-0.3, -0.25) is 19.8 Å². The van der Waals surface area contributed by atoms with E-state index < -0.39 is 11.9 Å². The summed E-state index contributed by atoms with van der Waals surface area (Å²) in [6.45, 7) is 0. The van der Waals surface area contributed by atoms with Crippen molar-refractivity contribution in [3.8, 4) is 0 Å². The van der Waals surface area contributed by atoms with Gasteiger partial charge in [0.1, 0.15) is 0 Å². The Morgan fingerprint density at radius 3 is 2.50 bits per heavy atom. The highest BCUT2D eigenvalue weighted by Crippen LogP contribution is 2.08. The van der Waals surface area contributed by atoms with Crippen LogP contribution in [0.15, 0.2) is 30.3 Å². The van der Waals surface area contributed by atoms with Crippen LogP contribution in [-0.2, 0) is 19.1 Å². The van der Waals surface area contributed by atoms with Crippen LogP contribution < -0.4 is 10.4 Å². The lowest BCUT2D eigenvalue weighted by Gasteiger charge is -2.16. The number of anilines is 1. The maximum Gasteiger partial charge on any atom is 0.337 e. The lowest BCUT2D eigenvalue weighted by molar-refractivity contribution is -0.142. The van der Waals surface area contributed by atoms with Gasteiger partial charge in [0.25, 0.3) is 0 Å². The highest BCUT2D eigenvalue weighted by molar-refractivity contribution is 5.87. The summed E-state index contributed by atoms with van der Waals surface area (Å²) in [6.07, 6.45) is 1.49. The normalized spacial score (nSPS) is 9.39. The Hall–Kier alpha value is -2.37. The van der Waals surface area contributed by atoms with Crippen LogP contribution in [-0.4, -0.2) is 25.4 Å². The maximum absolute atomic E-state index is 11.5. The molecule has 6 heteroatoms. The highest BCUT2D eigenvalue weighted by atomic mass is 16.5. The largest absolute Gasteiger partial charge is 0.469 e. The number of nitrogens with one attached hydrogen (secondary N) is 1. The van der Waals surface area contributed by atoms with E-state index in [2.05, 4.69) is 10.2 Å². The van der Waals surface area contributed by atoms with Gasteiger partial charge in [-0.15, -0.1) is 0 Å². The Bertz CT molecular complexity index is 419. The summed E-state index contributed by atoms with van der Waals surface area (Å²) in [5.41, 5.74) is 2.81. The van der Waals surface area contributed by atoms with Gasteiger partial charge in [0, 0.05) is 6.42 Å². The summed E-state index contributed by atoms with van der Waals surface area (Å²) in [6, 6.07) is 8.52. The van der Waals surface area contributed by atoms with Crippen molar-refractivity contribution in [3.63, 3.8) is 0 Å². The van der Waals surface area contributed by atoms with E-state index in [-0.39, 0.29) is 12.8 Å². The smallest absolute Gasteiger partial charge is 0.337 e. The fourth-order valence-corrected chi connectivity index (χ4v) is 1.22. The van der Waals surface area contributed by atoms with Crippen LogP contribution in [0.2, 0.25) is 0 Å². The predicted molar refractivity (Wildman–Crippen MR) is 64.0 cm³/mol. The summed E-state index contributed by atoms with van der Waals surface area (Å²) in [5, 5.41) is 0.930. The molecule has 18 heavy (non-hydrogen) atoms. The number of ether oxygens (including phenoxy) is 1. The molecule has 1 radical (unpaired) electrons. The van der Waals surface area contributed by atoms with Crippen LogP contribution in [0.3, 0.4) is 0 Å². The summed E-state index contributed by atoms with van der Waals surface area (Å²) in [4.78, 5) is 33.0. The molecule has 0 saturated carbocycles. The van der Waals surface area contributed by atoms with E-state index >= 15 is 0 Å². The molecule has 0 unspecified atom stereocenters. The Labute approximate surface area is 104 Å². The van der Waals surface area contributed by atoms with Gasteiger partial charge in [0.05, 0.1) is 19.2 Å². The van der Waals surface area contributed by atoms with Crippen molar-refractivity contribution in [2.75, 3.05) is 12.1 Å². The highest BCUT2D eigenvalue weighted by Gasteiger charge is 2.11. The van der Waals surface area contributed by atoms with Crippen LogP contribution >= 0.6 is 0 Å². The number of hydrogen-bond donors (Lipinski definition) is 1. The number of nitrogens with zero attached hydrogens (tertiary/aromatic N) is 1. The second-order valence-corrected chi connectivity index (χ2v) is 3.37. The molecular weight excluding hydrogens is 236 g/mol. The summed E-state index contributed by atoms with van der Waals surface area (Å²) >= 11 is 0. The first-order valence-electron chi connectivity index (χ1n) is 5.26. The van der Waals surface area contributed by atoms with Crippen LogP contribution in [0.1, 0.15) is 12.8 Å². The maximum atomic E-state index is 11.5. The van der Waals surface area contributed by atoms with E-state index in [1.165, 1.54) is 7.11 Å². The van der Waals surface area contributed by atoms with Crippen LogP contribution in [0.4, 0.5) is 5.69 Å². The van der Waals surface area contributed by atoms with E-state index in [1.54, 1.807) is 36.7 Å². The number of rotatable bonds is 6. The first kappa shape index (κ1) is 13.7. The van der Waals surface area contributed by atoms with Gasteiger partial charge in [0.2, 0.25) is 5.91 Å². The molecule has 0 aliphatic rings. The zero-order valence-corrected chi connectivity index (χ0v) is 9.88. The zero-order chi connectivity index (χ0) is 13.4. The molecule has 0 saturated heterocycles. The summed E-state index contributed by atoms with van der Waals surface area (Å²) in [7, 11) is 1.25. The molecule has 0 heterocycles. The number of methoxy groups -OCH3 is 1. The number of para-hydroxylation sites is 1.